The van der Waals surface area contributed by atoms with E-state index in [1.54, 1.807) is 11.0 Å². The first-order valence-electron chi connectivity index (χ1n) is 8.18. The van der Waals surface area contributed by atoms with Crippen LogP contribution in [0, 0.1) is 5.82 Å². The van der Waals surface area contributed by atoms with E-state index in [9.17, 15) is 9.18 Å². The number of hydrogen-bond donors (Lipinski definition) is 0. The van der Waals surface area contributed by atoms with E-state index >= 15 is 0 Å². The molecule has 122 valence electrons. The van der Waals surface area contributed by atoms with Crippen LogP contribution >= 0.6 is 0 Å². The van der Waals surface area contributed by atoms with Crippen molar-refractivity contribution < 1.29 is 9.18 Å². The lowest BCUT2D eigenvalue weighted by molar-refractivity contribution is -0.119. The van der Waals surface area contributed by atoms with E-state index in [4.69, 9.17) is 4.98 Å². The molecule has 0 N–H and O–H groups in total. The second kappa shape index (κ2) is 6.07. The molecular formula is C19H18FN3O. The number of benzene rings is 1. The van der Waals surface area contributed by atoms with Crippen LogP contribution in [0.25, 0.3) is 16.8 Å². The van der Waals surface area contributed by atoms with Gasteiger partial charge in [-0.1, -0.05) is 18.2 Å². The molecule has 0 bridgehead atoms. The highest BCUT2D eigenvalue weighted by molar-refractivity contribution is 5.77. The first-order chi connectivity index (χ1) is 11.8. The van der Waals surface area contributed by atoms with Crippen LogP contribution in [0.2, 0.25) is 0 Å². The Kier molecular flexibility index (Phi) is 3.76. The molecule has 0 saturated carbocycles. The quantitative estimate of drug-likeness (QED) is 0.692. The topological polar surface area (TPSA) is 37.6 Å². The third kappa shape index (κ3) is 2.56. The maximum Gasteiger partial charge on any atom is 0.209 e. The highest BCUT2D eigenvalue weighted by atomic mass is 19.1. The molecule has 1 fully saturated rings. The summed E-state index contributed by atoms with van der Waals surface area (Å²) in [6, 6.07) is 12.4. The molecule has 4 rings (SSSR count). The summed E-state index contributed by atoms with van der Waals surface area (Å²) < 4.78 is 15.7. The minimum Gasteiger partial charge on any atom is -0.345 e. The molecule has 1 atom stereocenters. The first-order valence-corrected chi connectivity index (χ1v) is 8.18. The van der Waals surface area contributed by atoms with Gasteiger partial charge >= 0.3 is 0 Å². The van der Waals surface area contributed by atoms with E-state index in [1.807, 2.05) is 30.5 Å². The zero-order valence-corrected chi connectivity index (χ0v) is 13.2. The van der Waals surface area contributed by atoms with Crippen molar-refractivity contribution in [3.05, 3.63) is 60.3 Å². The Hall–Kier alpha value is -2.69. The Balaban J connectivity index is 1.84. The van der Waals surface area contributed by atoms with Gasteiger partial charge in [-0.2, -0.15) is 0 Å². The lowest BCUT2D eigenvalue weighted by Crippen LogP contribution is -2.33. The Labute approximate surface area is 139 Å². The summed E-state index contributed by atoms with van der Waals surface area (Å²) in [5, 5.41) is 0. The monoisotopic (exact) mass is 323 g/mol. The van der Waals surface area contributed by atoms with Crippen LogP contribution in [0.15, 0.2) is 48.7 Å². The van der Waals surface area contributed by atoms with E-state index in [2.05, 4.69) is 4.40 Å². The number of fused-ring (bicyclic) bond motifs is 1. The Morgan fingerprint density at radius 3 is 2.96 bits per heavy atom. The molecule has 1 saturated heterocycles. The van der Waals surface area contributed by atoms with E-state index in [0.29, 0.717) is 6.54 Å². The second-order valence-electron chi connectivity index (χ2n) is 6.22. The van der Waals surface area contributed by atoms with E-state index in [1.165, 1.54) is 12.1 Å². The normalized spacial score (nSPS) is 18.0. The largest absolute Gasteiger partial charge is 0.345 e. The van der Waals surface area contributed by atoms with Crippen LogP contribution < -0.4 is 0 Å². The number of carbonyl (C=O) groups excluding carboxylic acids is 1. The van der Waals surface area contributed by atoms with Gasteiger partial charge in [0, 0.05) is 30.8 Å². The summed E-state index contributed by atoms with van der Waals surface area (Å²) in [4.78, 5) is 17.8. The highest BCUT2D eigenvalue weighted by Crippen LogP contribution is 2.31. The third-order valence-corrected chi connectivity index (χ3v) is 4.64. The van der Waals surface area contributed by atoms with Crippen LogP contribution in [0.4, 0.5) is 4.39 Å². The Bertz CT molecular complexity index is 889. The molecular weight excluding hydrogens is 305 g/mol. The summed E-state index contributed by atoms with van der Waals surface area (Å²) in [6.45, 7) is 1.49. The molecule has 0 spiro atoms. The van der Waals surface area contributed by atoms with Crippen molar-refractivity contribution in [3.8, 4) is 11.3 Å². The van der Waals surface area contributed by atoms with Crippen molar-refractivity contribution in [3.63, 3.8) is 0 Å². The summed E-state index contributed by atoms with van der Waals surface area (Å²) in [7, 11) is 0. The molecule has 1 aromatic carbocycles. The van der Waals surface area contributed by atoms with Gasteiger partial charge < -0.3 is 9.30 Å². The van der Waals surface area contributed by atoms with Gasteiger partial charge in [0.25, 0.3) is 0 Å². The molecule has 3 heterocycles. The molecule has 0 unspecified atom stereocenters. The van der Waals surface area contributed by atoms with Crippen molar-refractivity contribution in [1.82, 2.24) is 14.3 Å². The molecule has 1 aliphatic heterocycles. The first kappa shape index (κ1) is 14.9. The number of rotatable bonds is 3. The van der Waals surface area contributed by atoms with Crippen LogP contribution in [0.5, 0.6) is 0 Å². The number of pyridine rings is 1. The van der Waals surface area contributed by atoms with E-state index < -0.39 is 0 Å². The van der Waals surface area contributed by atoms with Gasteiger partial charge in [0.15, 0.2) is 0 Å². The lowest BCUT2D eigenvalue weighted by Gasteiger charge is -2.29. The number of hydrogen-bond acceptors (Lipinski definition) is 2. The number of imidazole rings is 1. The fourth-order valence-electron chi connectivity index (χ4n) is 3.51. The smallest absolute Gasteiger partial charge is 0.209 e. The van der Waals surface area contributed by atoms with Gasteiger partial charge in [-0.3, -0.25) is 4.79 Å². The SMILES string of the molecule is O=CN1CCC[C@H](c2nc(-c3cccc(F)c3)c3ccccn23)C1. The molecule has 24 heavy (non-hydrogen) atoms. The number of aromatic nitrogens is 2. The molecule has 4 nitrogen and oxygen atoms in total. The van der Waals surface area contributed by atoms with E-state index in [-0.39, 0.29) is 11.7 Å². The van der Waals surface area contributed by atoms with Crippen LogP contribution in [0.3, 0.4) is 0 Å². The lowest BCUT2D eigenvalue weighted by atomic mass is 9.97. The summed E-state index contributed by atoms with van der Waals surface area (Å²) in [5.41, 5.74) is 2.52. The van der Waals surface area contributed by atoms with Crippen molar-refractivity contribution >= 4 is 11.9 Å². The minimum atomic E-state index is -0.268. The van der Waals surface area contributed by atoms with Crippen LogP contribution in [0.1, 0.15) is 24.6 Å². The number of amides is 1. The maximum atomic E-state index is 13.6. The summed E-state index contributed by atoms with van der Waals surface area (Å²) in [6.07, 6.45) is 4.87. The molecule has 0 radical (unpaired) electrons. The third-order valence-electron chi connectivity index (χ3n) is 4.64. The van der Waals surface area contributed by atoms with Crippen LogP contribution in [-0.2, 0) is 4.79 Å². The second-order valence-corrected chi connectivity index (χ2v) is 6.22. The predicted octanol–water partition coefficient (Wildman–Crippen LogP) is 3.48. The van der Waals surface area contributed by atoms with Crippen molar-refractivity contribution in [1.29, 1.82) is 0 Å². The molecule has 0 aliphatic carbocycles. The van der Waals surface area contributed by atoms with Gasteiger partial charge in [-0.15, -0.1) is 0 Å². The zero-order chi connectivity index (χ0) is 16.5. The van der Waals surface area contributed by atoms with Gasteiger partial charge in [-0.05, 0) is 37.1 Å². The number of likely N-dealkylation sites (tertiary alicyclic amines) is 1. The fraction of sp³-hybridized carbons (Fsp3) is 0.263. The van der Waals surface area contributed by atoms with Crippen molar-refractivity contribution in [2.75, 3.05) is 13.1 Å². The fourth-order valence-corrected chi connectivity index (χ4v) is 3.51. The standard InChI is InChI=1S/C19H18FN3O/c20-16-7-3-5-14(11-16)18-17-8-1-2-10-23(17)19(21-18)15-6-4-9-22(12-15)13-24/h1-3,5,7-8,10-11,13,15H,4,6,9,12H2/t15-/m0/s1. The minimum absolute atomic E-state index is 0.196. The number of halogens is 1. The van der Waals surface area contributed by atoms with Gasteiger partial charge in [0.05, 0.1) is 11.2 Å². The number of nitrogens with zero attached hydrogens (tertiary/aromatic N) is 3. The highest BCUT2D eigenvalue weighted by Gasteiger charge is 2.25. The molecule has 2 aromatic heterocycles. The van der Waals surface area contributed by atoms with Gasteiger partial charge in [-0.25, -0.2) is 9.37 Å². The average molecular weight is 323 g/mol. The number of piperidine rings is 1. The zero-order valence-electron chi connectivity index (χ0n) is 13.2. The predicted molar refractivity (Wildman–Crippen MR) is 90.2 cm³/mol. The van der Waals surface area contributed by atoms with Crippen molar-refractivity contribution in [2.24, 2.45) is 0 Å². The Morgan fingerprint density at radius 1 is 1.21 bits per heavy atom. The van der Waals surface area contributed by atoms with Gasteiger partial charge in [0.2, 0.25) is 6.41 Å². The Morgan fingerprint density at radius 2 is 2.12 bits per heavy atom. The van der Waals surface area contributed by atoms with Gasteiger partial charge in [0.1, 0.15) is 11.6 Å². The molecule has 1 aliphatic rings. The molecule has 3 aromatic rings. The maximum absolute atomic E-state index is 13.6. The van der Waals surface area contributed by atoms with Crippen molar-refractivity contribution in [2.45, 2.75) is 18.8 Å². The molecule has 1 amide bonds. The van der Waals surface area contributed by atoms with E-state index in [0.717, 1.165) is 48.4 Å². The molecule has 5 heteroatoms. The summed E-state index contributed by atoms with van der Waals surface area (Å²) >= 11 is 0. The summed E-state index contributed by atoms with van der Waals surface area (Å²) in [5.74, 6) is 0.869. The number of carbonyl (C=O) groups is 1. The van der Waals surface area contributed by atoms with Crippen LogP contribution in [-0.4, -0.2) is 33.8 Å². The average Bonchev–Trinajstić information content (AvgIpc) is 3.01.